The Kier molecular flexibility index (Phi) is 4.81. The quantitative estimate of drug-likeness (QED) is 0.912. The number of hydrogen-bond acceptors (Lipinski definition) is 4. The summed E-state index contributed by atoms with van der Waals surface area (Å²) >= 11 is 0. The second-order valence-electron chi connectivity index (χ2n) is 6.49. The van der Waals surface area contributed by atoms with Crippen LogP contribution in [0.15, 0.2) is 53.4 Å². The fourth-order valence-electron chi connectivity index (χ4n) is 3.11. The lowest BCUT2D eigenvalue weighted by molar-refractivity contribution is -0.118. The van der Waals surface area contributed by atoms with Gasteiger partial charge >= 0.3 is 0 Å². The summed E-state index contributed by atoms with van der Waals surface area (Å²) in [6.07, 6.45) is 1.91. The highest BCUT2D eigenvalue weighted by Crippen LogP contribution is 2.30. The maximum atomic E-state index is 12.4. The molecule has 2 aromatic rings. The van der Waals surface area contributed by atoms with Gasteiger partial charge in [-0.05, 0) is 50.5 Å². The lowest BCUT2D eigenvalue weighted by Gasteiger charge is -2.36. The van der Waals surface area contributed by atoms with Crippen LogP contribution in [0.2, 0.25) is 0 Å². The monoisotopic (exact) mass is 358 g/mol. The van der Waals surface area contributed by atoms with Crippen molar-refractivity contribution in [2.75, 3.05) is 11.4 Å². The summed E-state index contributed by atoms with van der Waals surface area (Å²) in [7, 11) is -3.85. The van der Waals surface area contributed by atoms with Crippen LogP contribution in [0.25, 0.3) is 0 Å². The molecule has 1 aliphatic heterocycles. The molecule has 0 spiro atoms. The van der Waals surface area contributed by atoms with Crippen LogP contribution < -0.4 is 9.62 Å². The zero-order valence-electron chi connectivity index (χ0n) is 14.4. The first-order valence-electron chi connectivity index (χ1n) is 8.34. The molecule has 2 aromatic carbocycles. The molecule has 1 aliphatic rings. The average Bonchev–Trinajstić information content (AvgIpc) is 2.57. The minimum absolute atomic E-state index is 0.0171. The van der Waals surface area contributed by atoms with E-state index in [9.17, 15) is 13.2 Å². The number of carbonyl (C=O) groups excluding carboxylic acids is 1. The second kappa shape index (κ2) is 6.88. The number of nitrogens with one attached hydrogen (secondary N) is 1. The predicted octanol–water partition coefficient (Wildman–Crippen LogP) is 2.64. The van der Waals surface area contributed by atoms with Gasteiger partial charge in [-0.3, -0.25) is 4.79 Å². The first kappa shape index (κ1) is 17.5. The van der Waals surface area contributed by atoms with E-state index < -0.39 is 15.9 Å². The van der Waals surface area contributed by atoms with E-state index in [1.807, 2.05) is 30.0 Å². The lowest BCUT2D eigenvalue weighted by atomic mass is 9.97. The van der Waals surface area contributed by atoms with Gasteiger partial charge in [-0.15, -0.1) is 0 Å². The summed E-state index contributed by atoms with van der Waals surface area (Å²) in [6.45, 7) is 3.95. The van der Waals surface area contributed by atoms with Crippen molar-refractivity contribution >= 4 is 21.6 Å². The summed E-state index contributed by atoms with van der Waals surface area (Å²) in [5.74, 6) is -0.524. The van der Waals surface area contributed by atoms with E-state index in [1.165, 1.54) is 17.7 Å². The summed E-state index contributed by atoms with van der Waals surface area (Å²) in [4.78, 5) is 14.5. The zero-order valence-corrected chi connectivity index (χ0v) is 15.2. The van der Waals surface area contributed by atoms with Crippen LogP contribution in [0, 0.1) is 6.92 Å². The molecule has 1 amide bonds. The van der Waals surface area contributed by atoms with Crippen LogP contribution in [0.1, 0.15) is 24.5 Å². The Labute approximate surface area is 148 Å². The zero-order chi connectivity index (χ0) is 18.0. The maximum absolute atomic E-state index is 12.4. The van der Waals surface area contributed by atoms with Gasteiger partial charge in [0.15, 0.2) is 0 Å². The molecule has 0 saturated carbocycles. The van der Waals surface area contributed by atoms with E-state index >= 15 is 0 Å². The molecule has 25 heavy (non-hydrogen) atoms. The number of rotatable bonds is 4. The first-order valence-corrected chi connectivity index (χ1v) is 9.82. The van der Waals surface area contributed by atoms with Crippen LogP contribution in [0.3, 0.4) is 0 Å². The number of fused-ring (bicyclic) bond motifs is 1. The fraction of sp³-hybridized carbons (Fsp3) is 0.316. The third-order valence-corrected chi connectivity index (χ3v) is 5.95. The number of nitrogens with zero attached hydrogens (tertiary/aromatic N) is 1. The summed E-state index contributed by atoms with van der Waals surface area (Å²) < 4.78 is 26.9. The average molecular weight is 358 g/mol. The van der Waals surface area contributed by atoms with Gasteiger partial charge in [0.2, 0.25) is 0 Å². The third-order valence-electron chi connectivity index (χ3n) is 4.56. The maximum Gasteiger partial charge on any atom is 0.264 e. The van der Waals surface area contributed by atoms with Crippen LogP contribution in [-0.2, 0) is 21.2 Å². The highest BCUT2D eigenvalue weighted by atomic mass is 32.2. The van der Waals surface area contributed by atoms with Crippen molar-refractivity contribution in [1.82, 2.24) is 4.72 Å². The molecule has 0 saturated heterocycles. The molecule has 0 aliphatic carbocycles. The highest BCUT2D eigenvalue weighted by molar-refractivity contribution is 7.90. The summed E-state index contributed by atoms with van der Waals surface area (Å²) in [5.41, 5.74) is 3.16. The Morgan fingerprint density at radius 2 is 1.84 bits per heavy atom. The number of sulfonamides is 1. The molecule has 132 valence electrons. The van der Waals surface area contributed by atoms with Gasteiger partial charge in [-0.25, -0.2) is 13.1 Å². The Morgan fingerprint density at radius 3 is 2.56 bits per heavy atom. The van der Waals surface area contributed by atoms with Crippen molar-refractivity contribution < 1.29 is 13.2 Å². The topological polar surface area (TPSA) is 66.5 Å². The molecule has 0 radical (unpaired) electrons. The van der Waals surface area contributed by atoms with Crippen LogP contribution in [-0.4, -0.2) is 26.9 Å². The van der Waals surface area contributed by atoms with Gasteiger partial charge in [-0.2, -0.15) is 0 Å². The molecule has 5 nitrogen and oxygen atoms in total. The molecule has 3 rings (SSSR count). The van der Waals surface area contributed by atoms with Crippen molar-refractivity contribution in [3.8, 4) is 0 Å². The summed E-state index contributed by atoms with van der Waals surface area (Å²) in [5, 5.41) is 0. The SMILES string of the molecule is Cc1ccc(S(=O)(=O)NC(=O)CN2c3ccccc3CC[C@@H]2C)cc1. The number of amides is 1. The molecule has 6 heteroatoms. The predicted molar refractivity (Wildman–Crippen MR) is 98.1 cm³/mol. The first-order chi connectivity index (χ1) is 11.9. The smallest absolute Gasteiger partial charge is 0.264 e. The van der Waals surface area contributed by atoms with Gasteiger partial charge < -0.3 is 4.90 Å². The van der Waals surface area contributed by atoms with E-state index in [0.717, 1.165) is 24.1 Å². The molecular formula is C19H22N2O3S. The minimum atomic E-state index is -3.85. The number of para-hydroxylation sites is 1. The molecule has 1 atom stereocenters. The normalized spacial score (nSPS) is 17.0. The van der Waals surface area contributed by atoms with Crippen molar-refractivity contribution in [3.05, 3.63) is 59.7 Å². The Balaban J connectivity index is 1.75. The Morgan fingerprint density at radius 1 is 1.16 bits per heavy atom. The van der Waals surface area contributed by atoms with E-state index in [1.54, 1.807) is 12.1 Å². The number of anilines is 1. The van der Waals surface area contributed by atoms with Gasteiger partial charge in [0.1, 0.15) is 0 Å². The highest BCUT2D eigenvalue weighted by Gasteiger charge is 2.26. The van der Waals surface area contributed by atoms with E-state index in [0.29, 0.717) is 0 Å². The van der Waals surface area contributed by atoms with Gasteiger partial charge in [0, 0.05) is 11.7 Å². The summed E-state index contributed by atoms with van der Waals surface area (Å²) in [6, 6.07) is 14.6. The van der Waals surface area contributed by atoms with Gasteiger partial charge in [-0.1, -0.05) is 35.9 Å². The molecule has 1 N–H and O–H groups in total. The Hall–Kier alpha value is -2.34. The molecule has 0 bridgehead atoms. The second-order valence-corrected chi connectivity index (χ2v) is 8.17. The number of carbonyl (C=O) groups is 1. The Bertz CT molecular complexity index is 876. The van der Waals surface area contributed by atoms with Crippen LogP contribution in [0.4, 0.5) is 5.69 Å². The number of hydrogen-bond donors (Lipinski definition) is 1. The largest absolute Gasteiger partial charge is 0.359 e. The van der Waals surface area contributed by atoms with E-state index in [4.69, 9.17) is 0 Å². The van der Waals surface area contributed by atoms with Gasteiger partial charge in [0.05, 0.1) is 11.4 Å². The van der Waals surface area contributed by atoms with Crippen molar-refractivity contribution in [2.24, 2.45) is 0 Å². The molecule has 0 fully saturated rings. The fourth-order valence-corrected chi connectivity index (χ4v) is 4.09. The van der Waals surface area contributed by atoms with Gasteiger partial charge in [0.25, 0.3) is 15.9 Å². The van der Waals surface area contributed by atoms with E-state index in [-0.39, 0.29) is 17.5 Å². The minimum Gasteiger partial charge on any atom is -0.359 e. The van der Waals surface area contributed by atoms with Crippen molar-refractivity contribution in [3.63, 3.8) is 0 Å². The molecule has 1 heterocycles. The molecular weight excluding hydrogens is 336 g/mol. The van der Waals surface area contributed by atoms with Crippen molar-refractivity contribution in [2.45, 2.75) is 37.6 Å². The van der Waals surface area contributed by atoms with Crippen LogP contribution >= 0.6 is 0 Å². The molecule has 0 unspecified atom stereocenters. The lowest BCUT2D eigenvalue weighted by Crippen LogP contribution is -2.45. The van der Waals surface area contributed by atoms with Crippen LogP contribution in [0.5, 0.6) is 0 Å². The van der Waals surface area contributed by atoms with Crippen molar-refractivity contribution in [1.29, 1.82) is 0 Å². The molecule has 0 aromatic heterocycles. The standard InChI is InChI=1S/C19H22N2O3S/c1-14-7-11-17(12-8-14)25(23,24)20-19(22)13-21-15(2)9-10-16-5-3-4-6-18(16)21/h3-8,11-12,15H,9-10,13H2,1-2H3,(H,20,22)/t15-/m0/s1. The third kappa shape index (κ3) is 3.85. The number of aryl methyl sites for hydroxylation is 2. The van der Waals surface area contributed by atoms with E-state index in [2.05, 4.69) is 17.7 Å². The number of benzene rings is 2.